The van der Waals surface area contributed by atoms with Crippen LogP contribution in [0.3, 0.4) is 0 Å². The smallest absolute Gasteiger partial charge is 0.252 e. The van der Waals surface area contributed by atoms with Crippen molar-refractivity contribution in [1.29, 1.82) is 0 Å². The van der Waals surface area contributed by atoms with E-state index >= 15 is 0 Å². The van der Waals surface area contributed by atoms with E-state index in [4.69, 9.17) is 11.6 Å². The molecule has 0 unspecified atom stereocenters. The minimum Gasteiger partial charge on any atom is -0.350 e. The number of nitrogens with one attached hydrogen (secondary N) is 2. The summed E-state index contributed by atoms with van der Waals surface area (Å²) in [5, 5.41) is 6.61. The molecule has 2 fully saturated rings. The van der Waals surface area contributed by atoms with Crippen LogP contribution in [0.4, 0.5) is 0 Å². The van der Waals surface area contributed by atoms with E-state index < -0.39 is 0 Å². The van der Waals surface area contributed by atoms with Crippen molar-refractivity contribution in [2.24, 2.45) is 0 Å². The quantitative estimate of drug-likeness (QED) is 0.873. The van der Waals surface area contributed by atoms with Gasteiger partial charge in [-0.25, -0.2) is 0 Å². The van der Waals surface area contributed by atoms with Gasteiger partial charge in [0.15, 0.2) is 0 Å². The fourth-order valence-electron chi connectivity index (χ4n) is 3.15. The molecular formula is C15H18ClN3O2. The number of benzene rings is 1. The van der Waals surface area contributed by atoms with Gasteiger partial charge in [0, 0.05) is 31.6 Å². The van der Waals surface area contributed by atoms with Crippen molar-refractivity contribution in [3.05, 3.63) is 34.9 Å². The number of hydrogen-bond donors (Lipinski definition) is 2. The van der Waals surface area contributed by atoms with Crippen LogP contribution in [-0.4, -0.2) is 48.4 Å². The molecule has 2 N–H and O–H groups in total. The first-order valence-corrected chi connectivity index (χ1v) is 7.60. The number of likely N-dealkylation sites (tertiary alicyclic amines) is 1. The van der Waals surface area contributed by atoms with E-state index in [1.807, 2.05) is 4.90 Å². The van der Waals surface area contributed by atoms with E-state index in [0.717, 1.165) is 13.0 Å². The molecule has 2 saturated heterocycles. The molecule has 0 aromatic heterocycles. The molecule has 3 rings (SSSR count). The predicted octanol–water partition coefficient (Wildman–Crippen LogP) is 1.03. The van der Waals surface area contributed by atoms with Crippen molar-refractivity contribution in [3.8, 4) is 0 Å². The second-order valence-corrected chi connectivity index (χ2v) is 5.85. The third-order valence-corrected chi connectivity index (χ3v) is 4.51. The number of halogens is 1. The third-order valence-electron chi connectivity index (χ3n) is 4.18. The number of nitrogens with zero attached hydrogens (tertiary/aromatic N) is 1. The fourth-order valence-corrected chi connectivity index (χ4v) is 3.37. The summed E-state index contributed by atoms with van der Waals surface area (Å²) in [5.74, 6) is -0.0301. The highest BCUT2D eigenvalue weighted by molar-refractivity contribution is 6.33. The number of carbonyl (C=O) groups is 2. The van der Waals surface area contributed by atoms with Gasteiger partial charge in [-0.1, -0.05) is 23.7 Å². The lowest BCUT2D eigenvalue weighted by molar-refractivity contribution is -0.128. The molecule has 2 heterocycles. The van der Waals surface area contributed by atoms with Crippen molar-refractivity contribution >= 4 is 23.4 Å². The number of hydrogen-bond acceptors (Lipinski definition) is 3. The highest BCUT2D eigenvalue weighted by Gasteiger charge is 2.41. The molecule has 5 nitrogen and oxygen atoms in total. The zero-order valence-corrected chi connectivity index (χ0v) is 12.4. The maximum absolute atomic E-state index is 12.0. The van der Waals surface area contributed by atoms with Crippen molar-refractivity contribution in [2.75, 3.05) is 19.6 Å². The maximum Gasteiger partial charge on any atom is 0.252 e. The van der Waals surface area contributed by atoms with Gasteiger partial charge in [0.2, 0.25) is 5.91 Å². The summed E-state index contributed by atoms with van der Waals surface area (Å²) >= 11 is 5.99. The highest BCUT2D eigenvalue weighted by atomic mass is 35.5. The molecule has 0 radical (unpaired) electrons. The van der Waals surface area contributed by atoms with E-state index in [0.29, 0.717) is 30.1 Å². The Morgan fingerprint density at radius 2 is 2.24 bits per heavy atom. The van der Waals surface area contributed by atoms with E-state index in [2.05, 4.69) is 10.6 Å². The average Bonchev–Trinajstić information content (AvgIpc) is 3.01. The molecule has 0 spiro atoms. The van der Waals surface area contributed by atoms with Gasteiger partial charge in [-0.2, -0.15) is 0 Å². The molecule has 6 heteroatoms. The molecule has 1 aromatic rings. The third kappa shape index (κ3) is 2.89. The van der Waals surface area contributed by atoms with Gasteiger partial charge in [-0.05, 0) is 25.1 Å². The van der Waals surface area contributed by atoms with E-state index in [9.17, 15) is 9.59 Å². The molecule has 2 amide bonds. The van der Waals surface area contributed by atoms with E-state index in [1.54, 1.807) is 24.3 Å². The van der Waals surface area contributed by atoms with Gasteiger partial charge in [0.05, 0.1) is 10.6 Å². The van der Waals surface area contributed by atoms with Crippen LogP contribution >= 0.6 is 11.6 Å². The minimum absolute atomic E-state index is 0.171. The van der Waals surface area contributed by atoms with Crippen LogP contribution in [0, 0.1) is 0 Å². The molecule has 2 atom stereocenters. The first-order valence-electron chi connectivity index (χ1n) is 7.22. The van der Waals surface area contributed by atoms with Crippen molar-refractivity contribution in [3.63, 3.8) is 0 Å². The number of rotatable bonds is 4. The van der Waals surface area contributed by atoms with Gasteiger partial charge >= 0.3 is 0 Å². The SMILES string of the molecule is O=C(NCCN1C(=O)C[C@H]2NCC[C@H]21)c1ccccc1Cl. The van der Waals surface area contributed by atoms with Crippen LogP contribution in [0.5, 0.6) is 0 Å². The summed E-state index contributed by atoms with van der Waals surface area (Å²) in [7, 11) is 0. The summed E-state index contributed by atoms with van der Waals surface area (Å²) in [6, 6.07) is 7.52. The van der Waals surface area contributed by atoms with Crippen LogP contribution in [0.1, 0.15) is 23.2 Å². The molecular weight excluding hydrogens is 290 g/mol. The second kappa shape index (κ2) is 6.03. The normalized spacial score (nSPS) is 24.2. The van der Waals surface area contributed by atoms with Crippen LogP contribution in [0.25, 0.3) is 0 Å². The highest BCUT2D eigenvalue weighted by Crippen LogP contribution is 2.25. The van der Waals surface area contributed by atoms with Gasteiger partial charge in [-0.15, -0.1) is 0 Å². The van der Waals surface area contributed by atoms with Gasteiger partial charge < -0.3 is 15.5 Å². The zero-order chi connectivity index (χ0) is 14.8. The monoisotopic (exact) mass is 307 g/mol. The molecule has 21 heavy (non-hydrogen) atoms. The zero-order valence-electron chi connectivity index (χ0n) is 11.6. The lowest BCUT2D eigenvalue weighted by atomic mass is 10.1. The Bertz CT molecular complexity index is 564. The Balaban J connectivity index is 1.53. The molecule has 0 bridgehead atoms. The van der Waals surface area contributed by atoms with Crippen LogP contribution in [-0.2, 0) is 4.79 Å². The molecule has 2 aliphatic rings. The first kappa shape index (κ1) is 14.4. The molecule has 2 aliphatic heterocycles. The maximum atomic E-state index is 12.0. The van der Waals surface area contributed by atoms with Crippen molar-refractivity contribution in [1.82, 2.24) is 15.5 Å². The largest absolute Gasteiger partial charge is 0.350 e. The lowest BCUT2D eigenvalue weighted by Gasteiger charge is -2.23. The van der Waals surface area contributed by atoms with Gasteiger partial charge in [-0.3, -0.25) is 9.59 Å². The summed E-state index contributed by atoms with van der Waals surface area (Å²) in [4.78, 5) is 25.9. The number of carbonyl (C=O) groups excluding carboxylic acids is 2. The Labute approximate surface area is 128 Å². The minimum atomic E-state index is -0.201. The van der Waals surface area contributed by atoms with Gasteiger partial charge in [0.1, 0.15) is 0 Å². The summed E-state index contributed by atoms with van der Waals surface area (Å²) in [6.45, 7) is 1.96. The van der Waals surface area contributed by atoms with E-state index in [1.165, 1.54) is 0 Å². The predicted molar refractivity (Wildman–Crippen MR) is 80.3 cm³/mol. The molecule has 0 aliphatic carbocycles. The molecule has 112 valence electrons. The lowest BCUT2D eigenvalue weighted by Crippen LogP contribution is -2.41. The van der Waals surface area contributed by atoms with Crippen LogP contribution < -0.4 is 10.6 Å². The van der Waals surface area contributed by atoms with Crippen LogP contribution in [0.15, 0.2) is 24.3 Å². The average molecular weight is 308 g/mol. The first-order chi connectivity index (χ1) is 10.2. The van der Waals surface area contributed by atoms with Gasteiger partial charge in [0.25, 0.3) is 5.91 Å². The number of fused-ring (bicyclic) bond motifs is 1. The van der Waals surface area contributed by atoms with Crippen molar-refractivity contribution < 1.29 is 9.59 Å². The Morgan fingerprint density at radius 1 is 1.43 bits per heavy atom. The topological polar surface area (TPSA) is 61.4 Å². The van der Waals surface area contributed by atoms with Crippen molar-refractivity contribution in [2.45, 2.75) is 24.9 Å². The summed E-state index contributed by atoms with van der Waals surface area (Å²) in [5.41, 5.74) is 0.465. The summed E-state index contributed by atoms with van der Waals surface area (Å²) < 4.78 is 0. The van der Waals surface area contributed by atoms with Crippen LogP contribution in [0.2, 0.25) is 5.02 Å². The standard InChI is InChI=1S/C15H18ClN3O2/c16-11-4-2-1-3-10(11)15(21)18-7-8-19-13-5-6-17-12(13)9-14(19)20/h1-4,12-13,17H,5-9H2,(H,18,21)/t12-,13-/m1/s1. The van der Waals surface area contributed by atoms with E-state index in [-0.39, 0.29) is 23.9 Å². The Hall–Kier alpha value is -1.59. The second-order valence-electron chi connectivity index (χ2n) is 5.44. The summed E-state index contributed by atoms with van der Waals surface area (Å²) in [6.07, 6.45) is 1.57. The molecule has 0 saturated carbocycles. The number of amides is 2. The Kier molecular flexibility index (Phi) is 4.12. The molecule has 1 aromatic carbocycles. The Morgan fingerprint density at radius 3 is 3.05 bits per heavy atom. The fraction of sp³-hybridized carbons (Fsp3) is 0.467.